The van der Waals surface area contributed by atoms with Crippen molar-refractivity contribution in [2.45, 2.75) is 58.4 Å². The Bertz CT molecular complexity index is 1350. The molecular formula is C26H32N6O2. The van der Waals surface area contributed by atoms with Crippen LogP contribution in [0.2, 0.25) is 0 Å². The van der Waals surface area contributed by atoms with Crippen molar-refractivity contribution in [3.05, 3.63) is 69.4 Å². The molecule has 3 N–H and O–H groups in total. The highest BCUT2D eigenvalue weighted by atomic mass is 16.3. The molecule has 0 radical (unpaired) electrons. The maximum Gasteiger partial charge on any atom is 0.266 e. The van der Waals surface area contributed by atoms with Gasteiger partial charge in [-0.1, -0.05) is 45.0 Å². The maximum atomic E-state index is 12.0. The molecule has 3 aromatic heterocycles. The molecule has 1 aromatic carbocycles. The van der Waals surface area contributed by atoms with Crippen LogP contribution in [0, 0.1) is 6.92 Å². The topological polar surface area (TPSA) is 100 Å². The number of anilines is 1. The van der Waals surface area contributed by atoms with Crippen LogP contribution in [0.15, 0.2) is 45.6 Å². The number of aryl methyl sites for hydroxylation is 1. The molecule has 1 aliphatic carbocycles. The number of hydrogen-bond donors (Lipinski definition) is 3. The summed E-state index contributed by atoms with van der Waals surface area (Å²) in [5.74, 6) is 2.75. The lowest BCUT2D eigenvalue weighted by molar-refractivity contribution is 0.396. The third-order valence-electron chi connectivity index (χ3n) is 6.37. The number of H-pyrrole nitrogens is 1. The minimum atomic E-state index is -0.212. The fourth-order valence-electron chi connectivity index (χ4n) is 4.52. The monoisotopic (exact) mass is 460 g/mol. The number of aromatic nitrogens is 4. The number of furan rings is 1. The predicted molar refractivity (Wildman–Crippen MR) is 133 cm³/mol. The molecule has 8 nitrogen and oxygen atoms in total. The summed E-state index contributed by atoms with van der Waals surface area (Å²) >= 11 is 0. The smallest absolute Gasteiger partial charge is 0.266 e. The lowest BCUT2D eigenvalue weighted by Crippen LogP contribution is -2.31. The number of rotatable bonds is 7. The Morgan fingerprint density at radius 2 is 1.85 bits per heavy atom. The molecule has 0 saturated carbocycles. The van der Waals surface area contributed by atoms with Crippen molar-refractivity contribution in [1.82, 2.24) is 24.9 Å². The van der Waals surface area contributed by atoms with Gasteiger partial charge in [-0.15, -0.1) is 0 Å². The van der Waals surface area contributed by atoms with Crippen molar-refractivity contribution < 1.29 is 4.42 Å². The third kappa shape index (κ3) is 4.50. The first-order valence-electron chi connectivity index (χ1n) is 11.9. The van der Waals surface area contributed by atoms with Crippen LogP contribution in [0.4, 0.5) is 5.95 Å². The van der Waals surface area contributed by atoms with Crippen molar-refractivity contribution in [1.29, 1.82) is 0 Å². The Morgan fingerprint density at radius 3 is 2.53 bits per heavy atom. The van der Waals surface area contributed by atoms with Crippen LogP contribution < -0.4 is 16.2 Å². The molecule has 0 atom stereocenters. The van der Waals surface area contributed by atoms with E-state index >= 15 is 0 Å². The SMILES string of the molecule is Cc1oc(C(C)(C)C)cc1-c1nc(NCCCNC2Cc3ccccc3C2)n2[nH]c(=O)cc2n1. The van der Waals surface area contributed by atoms with Crippen LogP contribution in [0.5, 0.6) is 0 Å². The zero-order chi connectivity index (χ0) is 23.9. The van der Waals surface area contributed by atoms with Crippen LogP contribution >= 0.6 is 0 Å². The van der Waals surface area contributed by atoms with Gasteiger partial charge in [-0.2, -0.15) is 4.98 Å². The predicted octanol–water partition coefficient (Wildman–Crippen LogP) is 3.84. The molecule has 0 bridgehead atoms. The first-order chi connectivity index (χ1) is 16.3. The van der Waals surface area contributed by atoms with Crippen molar-refractivity contribution in [3.63, 3.8) is 0 Å². The van der Waals surface area contributed by atoms with Crippen molar-refractivity contribution >= 4 is 11.6 Å². The molecule has 34 heavy (non-hydrogen) atoms. The van der Waals surface area contributed by atoms with Crippen LogP contribution in [0.25, 0.3) is 17.0 Å². The third-order valence-corrected chi connectivity index (χ3v) is 6.37. The van der Waals surface area contributed by atoms with Crippen LogP contribution in [0.1, 0.15) is 49.8 Å². The van der Waals surface area contributed by atoms with Crippen molar-refractivity contribution in [2.75, 3.05) is 18.4 Å². The number of aromatic amines is 1. The van der Waals surface area contributed by atoms with Gasteiger partial charge < -0.3 is 15.1 Å². The van der Waals surface area contributed by atoms with E-state index in [1.807, 2.05) is 13.0 Å². The molecule has 1 aliphatic rings. The van der Waals surface area contributed by atoms with E-state index in [4.69, 9.17) is 9.40 Å². The molecule has 178 valence electrons. The Morgan fingerprint density at radius 1 is 1.12 bits per heavy atom. The standard InChI is InChI=1S/C26H32N6O2/c1-16-20(14-21(34-16)26(2,3)4)24-29-22-15-23(33)31-32(22)25(30-24)28-11-7-10-27-19-12-17-8-5-6-9-18(17)13-19/h5-6,8-9,14-15,19,27H,7,10-13H2,1-4H3,(H,31,33)(H,28,29,30). The molecule has 0 saturated heterocycles. The highest BCUT2D eigenvalue weighted by Crippen LogP contribution is 2.32. The largest absolute Gasteiger partial charge is 0.465 e. The zero-order valence-corrected chi connectivity index (χ0v) is 20.2. The number of fused-ring (bicyclic) bond motifs is 2. The van der Waals surface area contributed by atoms with Crippen LogP contribution in [-0.4, -0.2) is 38.7 Å². The fraction of sp³-hybridized carbons (Fsp3) is 0.423. The van der Waals surface area contributed by atoms with Crippen LogP contribution in [0.3, 0.4) is 0 Å². The lowest BCUT2D eigenvalue weighted by Gasteiger charge is -2.13. The second-order valence-corrected chi connectivity index (χ2v) is 10.1. The maximum absolute atomic E-state index is 12.0. The Labute approximate surface area is 198 Å². The molecule has 3 heterocycles. The second-order valence-electron chi connectivity index (χ2n) is 10.1. The van der Waals surface area contributed by atoms with Gasteiger partial charge in [0.2, 0.25) is 5.95 Å². The summed E-state index contributed by atoms with van der Waals surface area (Å²) in [7, 11) is 0. The minimum absolute atomic E-state index is 0.118. The number of nitrogens with zero attached hydrogens (tertiary/aromatic N) is 3. The van der Waals surface area contributed by atoms with E-state index in [2.05, 4.69) is 65.8 Å². The molecule has 8 heteroatoms. The van der Waals surface area contributed by atoms with E-state index in [0.717, 1.165) is 49.4 Å². The summed E-state index contributed by atoms with van der Waals surface area (Å²) in [4.78, 5) is 21.3. The molecule has 5 rings (SSSR count). The molecular weight excluding hydrogens is 428 g/mol. The van der Waals surface area contributed by atoms with Crippen LogP contribution in [-0.2, 0) is 18.3 Å². The van der Waals surface area contributed by atoms with E-state index in [-0.39, 0.29) is 11.0 Å². The Balaban J connectivity index is 1.27. The molecule has 0 amide bonds. The summed E-state index contributed by atoms with van der Waals surface area (Å²) in [6.07, 6.45) is 3.10. The average Bonchev–Trinajstić information content (AvgIpc) is 3.48. The van der Waals surface area contributed by atoms with Gasteiger partial charge in [0.05, 0.1) is 5.56 Å². The van der Waals surface area contributed by atoms with E-state index in [1.165, 1.54) is 17.2 Å². The van der Waals surface area contributed by atoms with E-state index < -0.39 is 0 Å². The second kappa shape index (κ2) is 8.76. The average molecular weight is 461 g/mol. The van der Waals surface area contributed by atoms with Gasteiger partial charge in [0.15, 0.2) is 11.5 Å². The van der Waals surface area contributed by atoms with Gasteiger partial charge in [-0.3, -0.25) is 9.89 Å². The summed E-state index contributed by atoms with van der Waals surface area (Å²) in [5.41, 5.74) is 3.94. The van der Waals surface area contributed by atoms with E-state index in [0.29, 0.717) is 23.5 Å². The van der Waals surface area contributed by atoms with Gasteiger partial charge >= 0.3 is 0 Å². The van der Waals surface area contributed by atoms with Gasteiger partial charge in [0, 0.05) is 24.1 Å². The molecule has 0 unspecified atom stereocenters. The van der Waals surface area contributed by atoms with E-state index in [9.17, 15) is 4.79 Å². The van der Waals surface area contributed by atoms with Gasteiger partial charge in [-0.05, 0) is 49.9 Å². The molecule has 0 aliphatic heterocycles. The minimum Gasteiger partial charge on any atom is -0.465 e. The summed E-state index contributed by atoms with van der Waals surface area (Å²) < 4.78 is 7.59. The van der Waals surface area contributed by atoms with Gasteiger partial charge in [0.1, 0.15) is 11.5 Å². The Hall–Kier alpha value is -3.39. The van der Waals surface area contributed by atoms with E-state index in [1.54, 1.807) is 4.52 Å². The summed E-state index contributed by atoms with van der Waals surface area (Å²) in [5, 5.41) is 9.83. The van der Waals surface area contributed by atoms with Crippen molar-refractivity contribution in [3.8, 4) is 11.4 Å². The first-order valence-corrected chi connectivity index (χ1v) is 11.9. The Kier molecular flexibility index (Phi) is 5.77. The van der Waals surface area contributed by atoms with Gasteiger partial charge in [0.25, 0.3) is 5.56 Å². The molecule has 0 fully saturated rings. The lowest BCUT2D eigenvalue weighted by atomic mass is 9.93. The highest BCUT2D eigenvalue weighted by Gasteiger charge is 2.23. The molecule has 0 spiro atoms. The summed E-state index contributed by atoms with van der Waals surface area (Å²) in [6, 6.07) is 12.7. The fourth-order valence-corrected chi connectivity index (χ4v) is 4.52. The number of benzene rings is 1. The summed E-state index contributed by atoms with van der Waals surface area (Å²) in [6.45, 7) is 9.87. The zero-order valence-electron chi connectivity index (χ0n) is 20.2. The highest BCUT2D eigenvalue weighted by molar-refractivity contribution is 5.63. The normalized spacial score (nSPS) is 14.1. The number of nitrogens with one attached hydrogen (secondary N) is 3. The number of hydrogen-bond acceptors (Lipinski definition) is 6. The van der Waals surface area contributed by atoms with Crippen molar-refractivity contribution in [2.24, 2.45) is 0 Å². The first kappa shape index (κ1) is 22.4. The quantitative estimate of drug-likeness (QED) is 0.362. The molecule has 4 aromatic rings. The van der Waals surface area contributed by atoms with Gasteiger partial charge in [-0.25, -0.2) is 9.50 Å².